The summed E-state index contributed by atoms with van der Waals surface area (Å²) < 4.78 is 0. The molecule has 0 spiro atoms. The minimum Gasteiger partial charge on any atom is -0.397 e. The van der Waals surface area contributed by atoms with Crippen LogP contribution in [0, 0.1) is 30.1 Å². The van der Waals surface area contributed by atoms with E-state index in [1.807, 2.05) is 6.92 Å². The molecule has 1 aromatic rings. The molecule has 0 atom stereocenters. The first kappa shape index (κ1) is 8.10. The van der Waals surface area contributed by atoms with Gasteiger partial charge < -0.3 is 5.73 Å². The van der Waals surface area contributed by atoms with Gasteiger partial charge in [-0.05, 0) is 18.9 Å². The molecule has 1 heterocycles. The van der Waals surface area contributed by atoms with Gasteiger partial charge in [0.1, 0.15) is 0 Å². The van der Waals surface area contributed by atoms with Crippen LogP contribution in [0.1, 0.15) is 11.3 Å². The maximum Gasteiger partial charge on any atom is 0.152 e. The van der Waals surface area contributed by atoms with E-state index in [9.17, 15) is 0 Å². The highest BCUT2D eigenvalue weighted by Crippen LogP contribution is 2.07. The van der Waals surface area contributed by atoms with Crippen molar-refractivity contribution in [3.63, 3.8) is 0 Å². The standard InChI is InChI=1S/C9H7N3/c1-7-8(3-2-4-10)5-9(11)6-12-7/h5-6H,11H2,1H3. The Kier molecular flexibility index (Phi) is 2.30. The number of hydrogen-bond donors (Lipinski definition) is 1. The molecule has 0 aliphatic rings. The van der Waals surface area contributed by atoms with Crippen molar-refractivity contribution in [3.05, 3.63) is 23.5 Å². The van der Waals surface area contributed by atoms with Crippen LogP contribution in [0.3, 0.4) is 0 Å². The van der Waals surface area contributed by atoms with E-state index >= 15 is 0 Å². The second-order valence-electron chi connectivity index (χ2n) is 2.26. The maximum atomic E-state index is 8.21. The molecule has 0 fully saturated rings. The lowest BCUT2D eigenvalue weighted by molar-refractivity contribution is 1.19. The Labute approximate surface area is 70.8 Å². The van der Waals surface area contributed by atoms with Gasteiger partial charge in [-0.3, -0.25) is 4.98 Å². The van der Waals surface area contributed by atoms with Gasteiger partial charge in [0.2, 0.25) is 0 Å². The zero-order chi connectivity index (χ0) is 8.97. The second-order valence-corrected chi connectivity index (χ2v) is 2.26. The molecular formula is C9H7N3. The SMILES string of the molecule is Cc1ncc(N)cc1C#CC#N. The summed E-state index contributed by atoms with van der Waals surface area (Å²) in [5, 5.41) is 8.21. The van der Waals surface area contributed by atoms with Gasteiger partial charge >= 0.3 is 0 Å². The van der Waals surface area contributed by atoms with Crippen molar-refractivity contribution in [1.82, 2.24) is 4.98 Å². The maximum absolute atomic E-state index is 8.21. The molecule has 0 radical (unpaired) electrons. The molecule has 0 bridgehead atoms. The highest BCUT2D eigenvalue weighted by Gasteiger charge is 1.95. The zero-order valence-electron chi connectivity index (χ0n) is 6.63. The summed E-state index contributed by atoms with van der Waals surface area (Å²) in [7, 11) is 0. The van der Waals surface area contributed by atoms with Gasteiger partial charge in [-0.15, -0.1) is 0 Å². The summed E-state index contributed by atoms with van der Waals surface area (Å²) in [6.07, 6.45) is 1.56. The zero-order valence-corrected chi connectivity index (χ0v) is 6.63. The smallest absolute Gasteiger partial charge is 0.152 e. The molecule has 58 valence electrons. The van der Waals surface area contributed by atoms with E-state index in [0.717, 1.165) is 5.69 Å². The number of anilines is 1. The lowest BCUT2D eigenvalue weighted by atomic mass is 10.2. The van der Waals surface area contributed by atoms with Gasteiger partial charge in [0.05, 0.1) is 17.6 Å². The lowest BCUT2D eigenvalue weighted by Gasteiger charge is -1.96. The summed E-state index contributed by atoms with van der Waals surface area (Å²) >= 11 is 0. The van der Waals surface area contributed by atoms with Gasteiger partial charge in [-0.25, -0.2) is 0 Å². The Bertz CT molecular complexity index is 390. The fourth-order valence-corrected chi connectivity index (χ4v) is 0.771. The Balaban J connectivity index is 3.16. The topological polar surface area (TPSA) is 62.7 Å². The Morgan fingerprint density at radius 3 is 3.00 bits per heavy atom. The van der Waals surface area contributed by atoms with Crippen molar-refractivity contribution in [2.24, 2.45) is 0 Å². The lowest BCUT2D eigenvalue weighted by Crippen LogP contribution is -1.91. The number of pyridine rings is 1. The number of aromatic nitrogens is 1. The molecule has 0 saturated heterocycles. The number of nitrogens with two attached hydrogens (primary N) is 1. The number of nitrogens with zero attached hydrogens (tertiary/aromatic N) is 2. The number of hydrogen-bond acceptors (Lipinski definition) is 3. The fourth-order valence-electron chi connectivity index (χ4n) is 0.771. The minimum atomic E-state index is 0.558. The monoisotopic (exact) mass is 157 g/mol. The molecule has 3 nitrogen and oxygen atoms in total. The third-order valence-corrected chi connectivity index (χ3v) is 1.36. The van der Waals surface area contributed by atoms with E-state index in [-0.39, 0.29) is 0 Å². The van der Waals surface area contributed by atoms with Crippen molar-refractivity contribution in [2.75, 3.05) is 5.73 Å². The van der Waals surface area contributed by atoms with Crippen LogP contribution in [0.5, 0.6) is 0 Å². The number of nitrogen functional groups attached to an aromatic ring is 1. The predicted molar refractivity (Wildman–Crippen MR) is 45.9 cm³/mol. The summed E-state index contributed by atoms with van der Waals surface area (Å²) in [4.78, 5) is 3.99. The molecule has 0 aliphatic carbocycles. The quantitative estimate of drug-likeness (QED) is 0.568. The van der Waals surface area contributed by atoms with Gasteiger partial charge in [0.15, 0.2) is 6.07 Å². The average molecular weight is 157 g/mol. The molecular weight excluding hydrogens is 150 g/mol. The van der Waals surface area contributed by atoms with Crippen molar-refractivity contribution in [2.45, 2.75) is 6.92 Å². The van der Waals surface area contributed by atoms with Crippen molar-refractivity contribution < 1.29 is 0 Å². The third kappa shape index (κ3) is 1.74. The summed E-state index contributed by atoms with van der Waals surface area (Å²) in [5.41, 5.74) is 7.53. The van der Waals surface area contributed by atoms with E-state index in [0.29, 0.717) is 11.3 Å². The van der Waals surface area contributed by atoms with Crippen molar-refractivity contribution in [3.8, 4) is 17.9 Å². The minimum absolute atomic E-state index is 0.558. The number of aryl methyl sites for hydroxylation is 1. The number of nitriles is 1. The summed E-state index contributed by atoms with van der Waals surface area (Å²) in [5.74, 6) is 4.94. The normalized spacial score (nSPS) is 8.00. The molecule has 12 heavy (non-hydrogen) atoms. The van der Waals surface area contributed by atoms with Crippen LogP contribution in [0.4, 0.5) is 5.69 Å². The molecule has 2 N–H and O–H groups in total. The Morgan fingerprint density at radius 1 is 1.58 bits per heavy atom. The largest absolute Gasteiger partial charge is 0.397 e. The molecule has 1 aromatic heterocycles. The first-order valence-electron chi connectivity index (χ1n) is 3.36. The van der Waals surface area contributed by atoms with Crippen LogP contribution in [0.2, 0.25) is 0 Å². The van der Waals surface area contributed by atoms with Crippen LogP contribution in [0.15, 0.2) is 12.3 Å². The van der Waals surface area contributed by atoms with Gasteiger partial charge in [-0.1, -0.05) is 0 Å². The molecule has 0 saturated carbocycles. The number of rotatable bonds is 0. The third-order valence-electron chi connectivity index (χ3n) is 1.36. The highest BCUT2D eigenvalue weighted by molar-refractivity contribution is 5.48. The molecule has 0 aliphatic heterocycles. The van der Waals surface area contributed by atoms with E-state index < -0.39 is 0 Å². The molecule has 0 unspecified atom stereocenters. The van der Waals surface area contributed by atoms with Gasteiger partial charge in [0.25, 0.3) is 0 Å². The fraction of sp³-hybridized carbons (Fsp3) is 0.111. The molecule has 0 amide bonds. The van der Waals surface area contributed by atoms with Crippen LogP contribution in [0.25, 0.3) is 0 Å². The summed E-state index contributed by atoms with van der Waals surface area (Å²) in [6.45, 7) is 1.82. The second kappa shape index (κ2) is 3.41. The molecule has 3 heteroatoms. The van der Waals surface area contributed by atoms with Crippen LogP contribution in [-0.4, -0.2) is 4.98 Å². The van der Waals surface area contributed by atoms with E-state index in [1.54, 1.807) is 18.3 Å². The highest BCUT2D eigenvalue weighted by atomic mass is 14.7. The van der Waals surface area contributed by atoms with Gasteiger partial charge in [0, 0.05) is 11.5 Å². The van der Waals surface area contributed by atoms with E-state index in [1.165, 1.54) is 0 Å². The first-order valence-corrected chi connectivity index (χ1v) is 3.36. The predicted octanol–water partition coefficient (Wildman–Crippen LogP) is 0.847. The average Bonchev–Trinajstić information content (AvgIpc) is 2.07. The Hall–Kier alpha value is -2.00. The van der Waals surface area contributed by atoms with Crippen molar-refractivity contribution in [1.29, 1.82) is 5.26 Å². The molecule has 1 rings (SSSR count). The van der Waals surface area contributed by atoms with Crippen molar-refractivity contribution >= 4 is 5.69 Å². The first-order chi connectivity index (χ1) is 5.74. The van der Waals surface area contributed by atoms with Crippen LogP contribution < -0.4 is 5.73 Å². The van der Waals surface area contributed by atoms with Gasteiger partial charge in [-0.2, -0.15) is 5.26 Å². The van der Waals surface area contributed by atoms with Crippen LogP contribution in [-0.2, 0) is 0 Å². The Morgan fingerprint density at radius 2 is 2.33 bits per heavy atom. The molecule has 0 aromatic carbocycles. The van der Waals surface area contributed by atoms with Crippen LogP contribution >= 0.6 is 0 Å². The van der Waals surface area contributed by atoms with E-state index in [4.69, 9.17) is 11.0 Å². The van der Waals surface area contributed by atoms with E-state index in [2.05, 4.69) is 16.8 Å². The summed E-state index contributed by atoms with van der Waals surface area (Å²) in [6, 6.07) is 3.43.